The Bertz CT molecular complexity index is 799. The number of hydrogen-bond donors (Lipinski definition) is 1. The number of benzene rings is 2. The van der Waals surface area contributed by atoms with Crippen LogP contribution in [0.25, 0.3) is 0 Å². The van der Waals surface area contributed by atoms with Gasteiger partial charge in [0.15, 0.2) is 0 Å². The number of amides is 1. The fraction of sp³-hybridized carbons (Fsp3) is 0.435. The van der Waals surface area contributed by atoms with Crippen molar-refractivity contribution in [3.8, 4) is 0 Å². The highest BCUT2D eigenvalue weighted by Crippen LogP contribution is 2.26. The lowest BCUT2D eigenvalue weighted by Crippen LogP contribution is -2.41. The first-order valence-corrected chi connectivity index (χ1v) is 10.7. The van der Waals surface area contributed by atoms with E-state index in [1.54, 1.807) is 6.07 Å². The molecule has 150 valence electrons. The van der Waals surface area contributed by atoms with Crippen LogP contribution >= 0.6 is 23.2 Å². The lowest BCUT2D eigenvalue weighted by atomic mass is 9.94. The Balaban J connectivity index is 1.52. The van der Waals surface area contributed by atoms with Crippen molar-refractivity contribution in [3.05, 3.63) is 69.2 Å². The van der Waals surface area contributed by atoms with E-state index in [0.717, 1.165) is 44.5 Å². The molecule has 28 heavy (non-hydrogen) atoms. The third-order valence-corrected chi connectivity index (χ3v) is 6.16. The molecule has 0 bridgehead atoms. The first-order valence-electron chi connectivity index (χ1n) is 9.99. The Morgan fingerprint density at radius 2 is 1.82 bits per heavy atom. The molecule has 5 heteroatoms. The molecule has 0 aliphatic carbocycles. The van der Waals surface area contributed by atoms with Crippen LogP contribution in [0.5, 0.6) is 0 Å². The van der Waals surface area contributed by atoms with Gasteiger partial charge in [-0.25, -0.2) is 0 Å². The largest absolute Gasteiger partial charge is 0.349 e. The summed E-state index contributed by atoms with van der Waals surface area (Å²) >= 11 is 12.3. The van der Waals surface area contributed by atoms with Gasteiger partial charge in [0.2, 0.25) is 5.91 Å². The Morgan fingerprint density at radius 3 is 2.43 bits per heavy atom. The number of nitrogens with zero attached hydrogens (tertiary/aromatic N) is 1. The van der Waals surface area contributed by atoms with Crippen molar-refractivity contribution in [2.24, 2.45) is 5.92 Å². The molecule has 3 rings (SSSR count). The zero-order chi connectivity index (χ0) is 20.1. The minimum Gasteiger partial charge on any atom is -0.349 e. The molecule has 0 radical (unpaired) electrons. The summed E-state index contributed by atoms with van der Waals surface area (Å²) < 4.78 is 0. The Labute approximate surface area is 178 Å². The summed E-state index contributed by atoms with van der Waals surface area (Å²) in [6.45, 7) is 6.79. The van der Waals surface area contributed by atoms with E-state index < -0.39 is 0 Å². The highest BCUT2D eigenvalue weighted by molar-refractivity contribution is 6.35. The molecule has 1 atom stereocenters. The lowest BCUT2D eigenvalue weighted by molar-refractivity contribution is -0.127. The van der Waals surface area contributed by atoms with E-state index in [2.05, 4.69) is 48.3 Å². The van der Waals surface area contributed by atoms with E-state index in [1.807, 2.05) is 12.1 Å². The molecule has 1 N–H and O–H groups in total. The fourth-order valence-electron chi connectivity index (χ4n) is 3.75. The first kappa shape index (κ1) is 21.2. The third-order valence-electron chi connectivity index (χ3n) is 5.57. The van der Waals surface area contributed by atoms with Gasteiger partial charge in [-0.2, -0.15) is 0 Å². The number of carbonyl (C=O) groups is 1. The van der Waals surface area contributed by atoms with Gasteiger partial charge in [-0.15, -0.1) is 0 Å². The number of likely N-dealkylation sites (tertiary alicyclic amines) is 1. The smallest absolute Gasteiger partial charge is 0.223 e. The molecule has 0 unspecified atom stereocenters. The average molecular weight is 419 g/mol. The Kier molecular flexibility index (Phi) is 7.39. The third kappa shape index (κ3) is 5.50. The summed E-state index contributed by atoms with van der Waals surface area (Å²) in [5, 5.41) is 4.62. The number of nitrogens with one attached hydrogen (secondary N) is 1. The molecule has 3 nitrogen and oxygen atoms in total. The van der Waals surface area contributed by atoms with Gasteiger partial charge in [0, 0.05) is 22.5 Å². The first-order chi connectivity index (χ1) is 13.5. The van der Waals surface area contributed by atoms with Crippen LogP contribution in [0.3, 0.4) is 0 Å². The van der Waals surface area contributed by atoms with Crippen LogP contribution < -0.4 is 5.32 Å². The van der Waals surface area contributed by atoms with Gasteiger partial charge in [0.25, 0.3) is 0 Å². The number of piperidine rings is 1. The van der Waals surface area contributed by atoms with Crippen molar-refractivity contribution in [1.82, 2.24) is 10.2 Å². The van der Waals surface area contributed by atoms with E-state index >= 15 is 0 Å². The summed E-state index contributed by atoms with van der Waals surface area (Å²) in [7, 11) is 0. The van der Waals surface area contributed by atoms with Crippen LogP contribution in [0.1, 0.15) is 48.9 Å². The number of aryl methyl sites for hydroxylation is 1. The molecule has 0 aromatic heterocycles. The van der Waals surface area contributed by atoms with E-state index in [4.69, 9.17) is 23.2 Å². The molecule has 2 aromatic rings. The highest BCUT2D eigenvalue weighted by Gasteiger charge is 2.26. The van der Waals surface area contributed by atoms with Crippen molar-refractivity contribution in [2.45, 2.75) is 45.7 Å². The maximum absolute atomic E-state index is 12.8. The quantitative estimate of drug-likeness (QED) is 0.644. The number of hydrogen-bond acceptors (Lipinski definition) is 2. The standard InChI is InChI=1S/C23H28Cl2N2O/c1-3-22(17-6-4-16(2)5-7-17)26-23(28)18-10-12-27(13-11-18)15-19-8-9-20(24)14-21(19)25/h4-9,14,18,22H,3,10-13,15H2,1-2H3,(H,26,28)/t22-/m1/s1. The molecule has 2 aromatic carbocycles. The molecule has 1 amide bonds. The number of rotatable bonds is 6. The van der Waals surface area contributed by atoms with Crippen LogP contribution in [0.4, 0.5) is 0 Å². The van der Waals surface area contributed by atoms with Gasteiger partial charge in [-0.3, -0.25) is 9.69 Å². The number of carbonyl (C=O) groups excluding carboxylic acids is 1. The van der Waals surface area contributed by atoms with Gasteiger partial charge in [-0.05, 0) is 62.5 Å². The minimum atomic E-state index is 0.0800. The second kappa shape index (κ2) is 9.78. The van der Waals surface area contributed by atoms with Crippen LogP contribution in [0.15, 0.2) is 42.5 Å². The molecule has 0 saturated carbocycles. The minimum absolute atomic E-state index is 0.0800. The van der Waals surface area contributed by atoms with Gasteiger partial charge in [-0.1, -0.05) is 66.0 Å². The predicted octanol–water partition coefficient (Wildman–Crippen LogP) is 5.78. The van der Waals surface area contributed by atoms with Crippen molar-refractivity contribution >= 4 is 29.1 Å². The summed E-state index contributed by atoms with van der Waals surface area (Å²) in [5.41, 5.74) is 3.49. The summed E-state index contributed by atoms with van der Waals surface area (Å²) in [5.74, 6) is 0.257. The maximum atomic E-state index is 12.8. The average Bonchev–Trinajstić information content (AvgIpc) is 2.69. The maximum Gasteiger partial charge on any atom is 0.223 e. The normalized spacial score (nSPS) is 16.7. The second-order valence-electron chi connectivity index (χ2n) is 7.67. The van der Waals surface area contributed by atoms with E-state index in [9.17, 15) is 4.79 Å². The van der Waals surface area contributed by atoms with Crippen LogP contribution in [-0.2, 0) is 11.3 Å². The van der Waals surface area contributed by atoms with Crippen molar-refractivity contribution in [3.63, 3.8) is 0 Å². The summed E-state index contributed by atoms with van der Waals surface area (Å²) in [6.07, 6.45) is 2.64. The van der Waals surface area contributed by atoms with Gasteiger partial charge in [0.05, 0.1) is 6.04 Å². The summed E-state index contributed by atoms with van der Waals surface area (Å²) in [4.78, 5) is 15.2. The van der Waals surface area contributed by atoms with Crippen LogP contribution in [0.2, 0.25) is 10.0 Å². The molecule has 1 aliphatic heterocycles. The topological polar surface area (TPSA) is 32.3 Å². The summed E-state index contributed by atoms with van der Waals surface area (Å²) in [6, 6.07) is 14.2. The van der Waals surface area contributed by atoms with E-state index in [1.165, 1.54) is 11.1 Å². The molecular weight excluding hydrogens is 391 g/mol. The van der Waals surface area contributed by atoms with Crippen LogP contribution in [-0.4, -0.2) is 23.9 Å². The molecule has 1 aliphatic rings. The fourth-order valence-corrected chi connectivity index (χ4v) is 4.22. The highest BCUT2D eigenvalue weighted by atomic mass is 35.5. The van der Waals surface area contributed by atoms with Gasteiger partial charge in [0.1, 0.15) is 0 Å². The van der Waals surface area contributed by atoms with Crippen LogP contribution in [0, 0.1) is 12.8 Å². The monoisotopic (exact) mass is 418 g/mol. The van der Waals surface area contributed by atoms with E-state index in [-0.39, 0.29) is 17.9 Å². The zero-order valence-corrected chi connectivity index (χ0v) is 18.1. The molecule has 1 heterocycles. The van der Waals surface area contributed by atoms with E-state index in [0.29, 0.717) is 10.0 Å². The van der Waals surface area contributed by atoms with Crippen molar-refractivity contribution in [1.29, 1.82) is 0 Å². The SMILES string of the molecule is CC[C@@H](NC(=O)C1CCN(Cc2ccc(Cl)cc2Cl)CC1)c1ccc(C)cc1. The molecule has 1 saturated heterocycles. The predicted molar refractivity (Wildman–Crippen MR) is 117 cm³/mol. The zero-order valence-electron chi connectivity index (χ0n) is 16.6. The van der Waals surface area contributed by atoms with Crippen molar-refractivity contribution in [2.75, 3.05) is 13.1 Å². The Hall–Kier alpha value is -1.55. The van der Waals surface area contributed by atoms with Gasteiger partial charge < -0.3 is 5.32 Å². The molecule has 0 spiro atoms. The Morgan fingerprint density at radius 1 is 1.14 bits per heavy atom. The second-order valence-corrected chi connectivity index (χ2v) is 8.51. The lowest BCUT2D eigenvalue weighted by Gasteiger charge is -2.32. The number of halogens is 2. The van der Waals surface area contributed by atoms with Gasteiger partial charge >= 0.3 is 0 Å². The molecular formula is C23H28Cl2N2O. The molecule has 1 fully saturated rings. The van der Waals surface area contributed by atoms with Crippen molar-refractivity contribution < 1.29 is 4.79 Å².